The van der Waals surface area contributed by atoms with Crippen molar-refractivity contribution in [2.45, 2.75) is 36.6 Å². The highest BCUT2D eigenvalue weighted by molar-refractivity contribution is 4.98. The monoisotopic (exact) mass is 180 g/mol. The average molecular weight is 180 g/mol. The van der Waals surface area contributed by atoms with E-state index in [0.717, 1.165) is 0 Å². The van der Waals surface area contributed by atoms with Gasteiger partial charge in [0.1, 0.15) is 36.6 Å². The molecule has 0 spiro atoms. The third-order valence-corrected chi connectivity index (χ3v) is 2.10. The zero-order valence-electron chi connectivity index (χ0n) is 6.15. The van der Waals surface area contributed by atoms with Crippen LogP contribution in [-0.4, -0.2) is 67.3 Å². The van der Waals surface area contributed by atoms with Gasteiger partial charge in [-0.1, -0.05) is 0 Å². The quantitative estimate of drug-likeness (QED) is 0.227. The summed E-state index contributed by atoms with van der Waals surface area (Å²) in [7, 11) is 0. The molecule has 1 aliphatic carbocycles. The van der Waals surface area contributed by atoms with Gasteiger partial charge in [-0.3, -0.25) is 0 Å². The van der Waals surface area contributed by atoms with E-state index in [1.54, 1.807) is 0 Å². The van der Waals surface area contributed by atoms with Gasteiger partial charge in [0, 0.05) is 0 Å². The first-order valence-corrected chi connectivity index (χ1v) is 3.55. The van der Waals surface area contributed by atoms with Crippen molar-refractivity contribution in [2.75, 3.05) is 0 Å². The van der Waals surface area contributed by atoms with E-state index in [-0.39, 0.29) is 0 Å². The van der Waals surface area contributed by atoms with Crippen molar-refractivity contribution < 1.29 is 30.6 Å². The van der Waals surface area contributed by atoms with Crippen LogP contribution in [0.4, 0.5) is 0 Å². The lowest BCUT2D eigenvalue weighted by atomic mass is 9.85. The molecule has 0 bridgehead atoms. The fraction of sp³-hybridized carbons (Fsp3) is 1.00. The number of hydrogen-bond acceptors (Lipinski definition) is 6. The van der Waals surface area contributed by atoms with Crippen molar-refractivity contribution in [1.82, 2.24) is 0 Å². The first kappa shape index (κ1) is 9.85. The molecule has 72 valence electrons. The van der Waals surface area contributed by atoms with E-state index in [1.165, 1.54) is 0 Å². The van der Waals surface area contributed by atoms with Gasteiger partial charge < -0.3 is 30.6 Å². The molecule has 0 unspecified atom stereocenters. The van der Waals surface area contributed by atoms with E-state index >= 15 is 0 Å². The molecule has 0 aliphatic heterocycles. The van der Waals surface area contributed by atoms with Gasteiger partial charge in [0.05, 0.1) is 0 Å². The SMILES string of the molecule is OC1C(O)[C@H](O)[C@@H](O)C(O)[C@@H]1O. The zero-order chi connectivity index (χ0) is 9.46. The van der Waals surface area contributed by atoms with Gasteiger partial charge in [-0.2, -0.15) is 0 Å². The summed E-state index contributed by atoms with van der Waals surface area (Å²) < 4.78 is 0. The van der Waals surface area contributed by atoms with Crippen LogP contribution < -0.4 is 0 Å². The van der Waals surface area contributed by atoms with Crippen molar-refractivity contribution >= 4 is 0 Å². The summed E-state index contributed by atoms with van der Waals surface area (Å²) in [6.45, 7) is 0. The summed E-state index contributed by atoms with van der Waals surface area (Å²) in [5.41, 5.74) is 0. The van der Waals surface area contributed by atoms with Gasteiger partial charge >= 0.3 is 0 Å². The molecule has 0 radical (unpaired) electrons. The molecule has 6 nitrogen and oxygen atoms in total. The van der Waals surface area contributed by atoms with E-state index in [1.807, 2.05) is 0 Å². The van der Waals surface area contributed by atoms with Gasteiger partial charge in [-0.25, -0.2) is 0 Å². The molecule has 6 N–H and O–H groups in total. The molecule has 6 heteroatoms. The number of aliphatic hydroxyl groups is 6. The molecule has 1 saturated carbocycles. The molecular formula is C6H12O6. The van der Waals surface area contributed by atoms with E-state index in [0.29, 0.717) is 0 Å². The van der Waals surface area contributed by atoms with Crippen LogP contribution in [0.25, 0.3) is 0 Å². The normalized spacial score (nSPS) is 55.5. The van der Waals surface area contributed by atoms with Crippen LogP contribution in [0.2, 0.25) is 0 Å². The molecule has 0 aromatic heterocycles. The zero-order valence-corrected chi connectivity index (χ0v) is 6.15. The summed E-state index contributed by atoms with van der Waals surface area (Å²) in [6, 6.07) is 0. The largest absolute Gasteiger partial charge is 0.387 e. The minimum absolute atomic E-state index is 1.64. The highest BCUT2D eigenvalue weighted by Crippen LogP contribution is 2.20. The van der Waals surface area contributed by atoms with Gasteiger partial charge in [0.15, 0.2) is 0 Å². The lowest BCUT2D eigenvalue weighted by Crippen LogP contribution is -2.63. The van der Waals surface area contributed by atoms with Gasteiger partial charge in [-0.15, -0.1) is 0 Å². The van der Waals surface area contributed by atoms with Crippen LogP contribution in [0.5, 0.6) is 0 Å². The Bertz CT molecular complexity index is 104. The maximum atomic E-state index is 8.97. The fourth-order valence-electron chi connectivity index (χ4n) is 1.21. The second-order valence-corrected chi connectivity index (χ2v) is 2.94. The predicted molar refractivity (Wildman–Crippen MR) is 36.0 cm³/mol. The van der Waals surface area contributed by atoms with Crippen molar-refractivity contribution in [3.05, 3.63) is 0 Å². The highest BCUT2D eigenvalue weighted by Gasteiger charge is 2.47. The van der Waals surface area contributed by atoms with Gasteiger partial charge in [0.25, 0.3) is 0 Å². The lowest BCUT2D eigenvalue weighted by molar-refractivity contribution is -0.223. The van der Waals surface area contributed by atoms with Crippen LogP contribution >= 0.6 is 0 Å². The van der Waals surface area contributed by atoms with Crippen LogP contribution in [0.3, 0.4) is 0 Å². The Morgan fingerprint density at radius 1 is 0.333 bits per heavy atom. The van der Waals surface area contributed by atoms with Crippen molar-refractivity contribution in [3.8, 4) is 0 Å². The smallest absolute Gasteiger partial charge is 0.111 e. The number of rotatable bonds is 0. The predicted octanol–water partition coefficient (Wildman–Crippen LogP) is -3.83. The first-order chi connectivity index (χ1) is 5.46. The summed E-state index contributed by atoms with van der Waals surface area (Å²) >= 11 is 0. The lowest BCUT2D eigenvalue weighted by Gasteiger charge is -2.39. The Hall–Kier alpha value is -0.240. The maximum absolute atomic E-state index is 8.97. The summed E-state index contributed by atoms with van der Waals surface area (Å²) in [5.74, 6) is 0. The van der Waals surface area contributed by atoms with Crippen molar-refractivity contribution in [1.29, 1.82) is 0 Å². The minimum atomic E-state index is -1.64. The van der Waals surface area contributed by atoms with E-state index in [9.17, 15) is 0 Å². The molecule has 12 heavy (non-hydrogen) atoms. The minimum Gasteiger partial charge on any atom is -0.387 e. The second kappa shape index (κ2) is 3.25. The molecule has 0 amide bonds. The van der Waals surface area contributed by atoms with Crippen molar-refractivity contribution in [3.63, 3.8) is 0 Å². The van der Waals surface area contributed by atoms with E-state index in [2.05, 4.69) is 0 Å². The molecule has 1 aliphatic rings. The van der Waals surface area contributed by atoms with E-state index in [4.69, 9.17) is 30.6 Å². The molecule has 0 heterocycles. The Balaban J connectivity index is 2.76. The Morgan fingerprint density at radius 2 is 0.417 bits per heavy atom. The standard InChI is InChI=1S/C6H12O6/c7-1-2(8)4(10)6(12)5(11)3(1)9/h1-12H/t1-,2-,3?,4?,5+,6?/m1/s1. The summed E-state index contributed by atoms with van der Waals surface area (Å²) in [5, 5.41) is 53.8. The summed E-state index contributed by atoms with van der Waals surface area (Å²) in [6.07, 6.45) is -9.84. The third kappa shape index (κ3) is 1.33. The number of aliphatic hydroxyl groups excluding tert-OH is 6. The third-order valence-electron chi connectivity index (χ3n) is 2.10. The Kier molecular flexibility index (Phi) is 2.67. The summed E-state index contributed by atoms with van der Waals surface area (Å²) in [4.78, 5) is 0. The fourth-order valence-corrected chi connectivity index (χ4v) is 1.21. The molecule has 0 aromatic carbocycles. The molecule has 0 aromatic rings. The van der Waals surface area contributed by atoms with E-state index < -0.39 is 36.6 Å². The first-order valence-electron chi connectivity index (χ1n) is 3.55. The maximum Gasteiger partial charge on any atom is 0.111 e. The molecular weight excluding hydrogens is 168 g/mol. The van der Waals surface area contributed by atoms with Crippen LogP contribution in [0.15, 0.2) is 0 Å². The van der Waals surface area contributed by atoms with Crippen LogP contribution in [-0.2, 0) is 0 Å². The highest BCUT2D eigenvalue weighted by atomic mass is 16.4. The molecule has 1 rings (SSSR count). The topological polar surface area (TPSA) is 121 Å². The second-order valence-electron chi connectivity index (χ2n) is 2.94. The Labute approximate surface area is 68.3 Å². The van der Waals surface area contributed by atoms with Crippen LogP contribution in [0, 0.1) is 0 Å². The van der Waals surface area contributed by atoms with Gasteiger partial charge in [-0.05, 0) is 0 Å². The number of hydrogen-bond donors (Lipinski definition) is 6. The van der Waals surface area contributed by atoms with Gasteiger partial charge in [0.2, 0.25) is 0 Å². The Morgan fingerprint density at radius 3 is 0.500 bits per heavy atom. The van der Waals surface area contributed by atoms with Crippen molar-refractivity contribution in [2.24, 2.45) is 0 Å². The molecule has 0 atom stereocenters. The van der Waals surface area contributed by atoms with Crippen LogP contribution in [0.1, 0.15) is 0 Å². The molecule has 0 saturated heterocycles. The average Bonchev–Trinajstić information content (AvgIpc) is 2.08. The molecule has 1 fully saturated rings.